The molecule has 31 heavy (non-hydrogen) atoms. The first-order chi connectivity index (χ1) is 15.0. The summed E-state index contributed by atoms with van der Waals surface area (Å²) in [6.07, 6.45) is 5.56. The molecule has 7 heteroatoms. The second-order valence-electron chi connectivity index (χ2n) is 8.74. The molecule has 1 fully saturated rings. The Kier molecular flexibility index (Phi) is 5.12. The molecule has 1 aliphatic heterocycles. The van der Waals surface area contributed by atoms with Gasteiger partial charge in [0.15, 0.2) is 5.82 Å². The van der Waals surface area contributed by atoms with Crippen molar-refractivity contribution in [2.24, 2.45) is 5.92 Å². The number of halogens is 1. The first kappa shape index (κ1) is 20.0. The van der Waals surface area contributed by atoms with Crippen molar-refractivity contribution >= 4 is 5.91 Å². The zero-order valence-corrected chi connectivity index (χ0v) is 18.1. The fourth-order valence-electron chi connectivity index (χ4n) is 4.47. The molecule has 0 unspecified atom stereocenters. The molecule has 0 spiro atoms. The number of hydrogen-bond donors (Lipinski definition) is 0. The molecule has 2 aromatic heterocycles. The van der Waals surface area contributed by atoms with E-state index in [1.807, 2.05) is 11.1 Å². The fourth-order valence-corrected chi connectivity index (χ4v) is 4.47. The predicted molar refractivity (Wildman–Crippen MR) is 116 cm³/mol. The van der Waals surface area contributed by atoms with Gasteiger partial charge >= 0.3 is 0 Å². The minimum Gasteiger partial charge on any atom is -0.338 e. The first-order valence-electron chi connectivity index (χ1n) is 11.2. The Morgan fingerprint density at radius 2 is 2.00 bits per heavy atom. The molecule has 162 valence electrons. The molecule has 1 aromatic carbocycles. The van der Waals surface area contributed by atoms with E-state index < -0.39 is 0 Å². The van der Waals surface area contributed by atoms with Gasteiger partial charge in [-0.1, -0.05) is 12.1 Å². The van der Waals surface area contributed by atoms with Crippen LogP contribution in [-0.2, 0) is 37.3 Å². The lowest BCUT2D eigenvalue weighted by Crippen LogP contribution is -2.37. The van der Waals surface area contributed by atoms with Crippen LogP contribution in [0.2, 0.25) is 0 Å². The van der Waals surface area contributed by atoms with Crippen LogP contribution < -0.4 is 0 Å². The number of carbonyl (C=O) groups is 1. The lowest BCUT2D eigenvalue weighted by molar-refractivity contribution is -0.131. The van der Waals surface area contributed by atoms with Crippen LogP contribution in [0.15, 0.2) is 30.5 Å². The van der Waals surface area contributed by atoms with Gasteiger partial charge in [-0.2, -0.15) is 5.10 Å². The Bertz CT molecular complexity index is 1110. The minimum atomic E-state index is -0.285. The number of nitrogens with zero attached hydrogens (tertiary/aromatic N) is 5. The molecule has 1 aliphatic carbocycles. The zero-order chi connectivity index (χ0) is 21.5. The summed E-state index contributed by atoms with van der Waals surface area (Å²) < 4.78 is 17.5. The van der Waals surface area contributed by atoms with E-state index >= 15 is 0 Å². The van der Waals surface area contributed by atoms with Gasteiger partial charge in [0.05, 0.1) is 6.42 Å². The van der Waals surface area contributed by atoms with Crippen LogP contribution in [0.4, 0.5) is 4.39 Å². The Morgan fingerprint density at radius 1 is 1.23 bits per heavy atom. The van der Waals surface area contributed by atoms with Crippen LogP contribution in [0, 0.1) is 18.7 Å². The summed E-state index contributed by atoms with van der Waals surface area (Å²) in [5, 5.41) is 4.92. The molecular formula is C24H28FN5O. The van der Waals surface area contributed by atoms with Crippen molar-refractivity contribution in [3.8, 4) is 11.5 Å². The van der Waals surface area contributed by atoms with E-state index in [-0.39, 0.29) is 18.1 Å². The third-order valence-corrected chi connectivity index (χ3v) is 6.46. The average molecular weight is 422 g/mol. The second-order valence-corrected chi connectivity index (χ2v) is 8.74. The molecule has 1 saturated carbocycles. The maximum absolute atomic E-state index is 13.2. The van der Waals surface area contributed by atoms with Crippen LogP contribution in [0.1, 0.15) is 42.3 Å². The van der Waals surface area contributed by atoms with E-state index in [1.54, 1.807) is 12.1 Å². The average Bonchev–Trinajstić information content (AvgIpc) is 3.43. The van der Waals surface area contributed by atoms with Gasteiger partial charge in [0.25, 0.3) is 0 Å². The maximum Gasteiger partial charge on any atom is 0.227 e. The fraction of sp³-hybridized carbons (Fsp3) is 0.458. The van der Waals surface area contributed by atoms with Crippen LogP contribution in [-0.4, -0.2) is 36.7 Å². The number of imidazole rings is 1. The van der Waals surface area contributed by atoms with Gasteiger partial charge in [-0.25, -0.2) is 9.37 Å². The summed E-state index contributed by atoms with van der Waals surface area (Å²) in [6, 6.07) is 6.17. The van der Waals surface area contributed by atoms with Crippen molar-refractivity contribution in [3.05, 3.63) is 58.8 Å². The summed E-state index contributed by atoms with van der Waals surface area (Å²) in [7, 11) is 0. The second kappa shape index (κ2) is 7.94. The van der Waals surface area contributed by atoms with Crippen molar-refractivity contribution in [2.45, 2.75) is 59.2 Å². The molecule has 3 heterocycles. The Hall–Kier alpha value is -2.96. The van der Waals surface area contributed by atoms with Crippen molar-refractivity contribution < 1.29 is 9.18 Å². The van der Waals surface area contributed by atoms with Crippen molar-refractivity contribution in [1.29, 1.82) is 0 Å². The number of benzene rings is 1. The highest BCUT2D eigenvalue weighted by Gasteiger charge is 2.31. The Labute approximate surface area is 181 Å². The molecule has 0 saturated heterocycles. The Morgan fingerprint density at radius 3 is 2.71 bits per heavy atom. The molecule has 6 nitrogen and oxygen atoms in total. The SMILES string of the molecule is CCn1nc(-c2ncc(C)n2CC2CC2)c2c1CCN(C(=O)Cc1ccc(F)cc1)C2. The van der Waals surface area contributed by atoms with Gasteiger partial charge in [-0.3, -0.25) is 9.48 Å². The van der Waals surface area contributed by atoms with Crippen LogP contribution >= 0.6 is 0 Å². The van der Waals surface area contributed by atoms with E-state index in [1.165, 1.54) is 30.7 Å². The van der Waals surface area contributed by atoms with Gasteiger partial charge < -0.3 is 9.47 Å². The lowest BCUT2D eigenvalue weighted by Gasteiger charge is -2.28. The molecule has 0 radical (unpaired) electrons. The minimum absolute atomic E-state index is 0.0601. The molecule has 0 atom stereocenters. The molecule has 2 aliphatic rings. The van der Waals surface area contributed by atoms with Crippen molar-refractivity contribution in [3.63, 3.8) is 0 Å². The van der Waals surface area contributed by atoms with E-state index in [2.05, 4.69) is 23.1 Å². The number of aryl methyl sites for hydroxylation is 2. The molecule has 0 N–H and O–H groups in total. The van der Waals surface area contributed by atoms with Gasteiger partial charge in [0.1, 0.15) is 11.5 Å². The first-order valence-corrected chi connectivity index (χ1v) is 11.2. The van der Waals surface area contributed by atoms with Crippen LogP contribution in [0.25, 0.3) is 11.5 Å². The number of amides is 1. The smallest absolute Gasteiger partial charge is 0.227 e. The summed E-state index contributed by atoms with van der Waals surface area (Å²) in [5.41, 5.74) is 5.22. The molecule has 5 rings (SSSR count). The van der Waals surface area contributed by atoms with Crippen molar-refractivity contribution in [2.75, 3.05) is 6.54 Å². The van der Waals surface area contributed by atoms with Gasteiger partial charge in [0, 0.05) is 55.7 Å². The number of hydrogen-bond acceptors (Lipinski definition) is 3. The normalized spacial score (nSPS) is 15.9. The van der Waals surface area contributed by atoms with E-state index in [0.717, 1.165) is 53.8 Å². The summed E-state index contributed by atoms with van der Waals surface area (Å²) in [5.74, 6) is 1.43. The standard InChI is InChI=1S/C24H28FN5O/c1-3-30-21-10-11-28(22(31)12-17-6-8-19(25)9-7-17)15-20(21)23(27-30)24-26-13-16(2)29(24)14-18-4-5-18/h6-9,13,18H,3-5,10-12,14-15H2,1-2H3. The number of fused-ring (bicyclic) bond motifs is 1. The van der Waals surface area contributed by atoms with E-state index in [9.17, 15) is 9.18 Å². The predicted octanol–water partition coefficient (Wildman–Crippen LogP) is 3.75. The summed E-state index contributed by atoms with van der Waals surface area (Å²) in [4.78, 5) is 19.6. The third kappa shape index (κ3) is 3.89. The summed E-state index contributed by atoms with van der Waals surface area (Å²) >= 11 is 0. The highest BCUT2D eigenvalue weighted by Crippen LogP contribution is 2.35. The van der Waals surface area contributed by atoms with Crippen molar-refractivity contribution in [1.82, 2.24) is 24.2 Å². The van der Waals surface area contributed by atoms with Crippen LogP contribution in [0.5, 0.6) is 0 Å². The quantitative estimate of drug-likeness (QED) is 0.609. The lowest BCUT2D eigenvalue weighted by atomic mass is 10.0. The van der Waals surface area contributed by atoms with E-state index in [0.29, 0.717) is 13.1 Å². The molecular weight excluding hydrogens is 393 g/mol. The number of aromatic nitrogens is 4. The van der Waals surface area contributed by atoms with Gasteiger partial charge in [0.2, 0.25) is 5.91 Å². The number of rotatable bonds is 6. The highest BCUT2D eigenvalue weighted by atomic mass is 19.1. The molecule has 1 amide bonds. The van der Waals surface area contributed by atoms with E-state index in [4.69, 9.17) is 10.1 Å². The number of carbonyl (C=O) groups excluding carboxylic acids is 1. The monoisotopic (exact) mass is 421 g/mol. The highest BCUT2D eigenvalue weighted by molar-refractivity contribution is 5.79. The molecule has 0 bridgehead atoms. The zero-order valence-electron chi connectivity index (χ0n) is 18.1. The van der Waals surface area contributed by atoms with Gasteiger partial charge in [-0.05, 0) is 50.3 Å². The summed E-state index contributed by atoms with van der Waals surface area (Å²) in [6.45, 7) is 7.20. The maximum atomic E-state index is 13.2. The topological polar surface area (TPSA) is 56.0 Å². The van der Waals surface area contributed by atoms with Crippen LogP contribution in [0.3, 0.4) is 0 Å². The third-order valence-electron chi connectivity index (χ3n) is 6.46. The molecule has 3 aromatic rings. The van der Waals surface area contributed by atoms with Gasteiger partial charge in [-0.15, -0.1) is 0 Å². The Balaban J connectivity index is 1.43. The largest absolute Gasteiger partial charge is 0.338 e.